The van der Waals surface area contributed by atoms with E-state index in [4.69, 9.17) is 5.11 Å². The lowest BCUT2D eigenvalue weighted by Crippen LogP contribution is -2.11. The van der Waals surface area contributed by atoms with Crippen molar-refractivity contribution in [2.24, 2.45) is 0 Å². The number of hydrogen-bond donors (Lipinski definition) is 3. The van der Waals surface area contributed by atoms with Crippen LogP contribution in [-0.2, 0) is 0 Å². The van der Waals surface area contributed by atoms with Gasteiger partial charge >= 0.3 is 5.97 Å². The van der Waals surface area contributed by atoms with Gasteiger partial charge in [0, 0.05) is 11.3 Å². The summed E-state index contributed by atoms with van der Waals surface area (Å²) < 4.78 is 13.2. The fourth-order valence-electron chi connectivity index (χ4n) is 1.98. The van der Waals surface area contributed by atoms with Crippen LogP contribution in [0.15, 0.2) is 42.5 Å². The third-order valence-corrected chi connectivity index (χ3v) is 2.99. The molecule has 0 aromatic heterocycles. The Labute approximate surface area is 115 Å². The number of para-hydroxylation sites is 1. The molecule has 0 spiro atoms. The van der Waals surface area contributed by atoms with Crippen LogP contribution in [0.5, 0.6) is 5.75 Å². The lowest BCUT2D eigenvalue weighted by atomic mass is 10.1. The Morgan fingerprint density at radius 1 is 1.25 bits per heavy atom. The first-order valence-electron chi connectivity index (χ1n) is 6.06. The van der Waals surface area contributed by atoms with Gasteiger partial charge in [0.25, 0.3) is 0 Å². The molecule has 0 amide bonds. The van der Waals surface area contributed by atoms with Crippen molar-refractivity contribution in [3.8, 4) is 5.75 Å². The van der Waals surface area contributed by atoms with Crippen LogP contribution < -0.4 is 5.32 Å². The zero-order valence-corrected chi connectivity index (χ0v) is 10.8. The predicted octanol–water partition coefficient (Wildman–Crippen LogP) is 3.40. The molecule has 1 unspecified atom stereocenters. The molecule has 3 N–H and O–H groups in total. The van der Waals surface area contributed by atoms with Gasteiger partial charge in [-0.1, -0.05) is 12.1 Å². The summed E-state index contributed by atoms with van der Waals surface area (Å²) in [6.07, 6.45) is 0. The Morgan fingerprint density at radius 2 is 1.95 bits per heavy atom. The van der Waals surface area contributed by atoms with Crippen molar-refractivity contribution >= 4 is 11.7 Å². The standard InChI is InChI=1S/C15H14FNO3/c1-9(12-8-10(16)6-7-14(12)18)17-13-5-3-2-4-11(13)15(19)20/h2-9,17-18H,1H3,(H,19,20). The number of carbonyl (C=O) groups is 1. The molecule has 5 heteroatoms. The lowest BCUT2D eigenvalue weighted by Gasteiger charge is -2.18. The highest BCUT2D eigenvalue weighted by Crippen LogP contribution is 2.28. The summed E-state index contributed by atoms with van der Waals surface area (Å²) in [5, 5.41) is 21.8. The zero-order valence-electron chi connectivity index (χ0n) is 10.8. The molecule has 2 aromatic rings. The topological polar surface area (TPSA) is 69.6 Å². The minimum Gasteiger partial charge on any atom is -0.508 e. The van der Waals surface area contributed by atoms with Gasteiger partial charge in [0.15, 0.2) is 0 Å². The molecule has 0 aliphatic carbocycles. The van der Waals surface area contributed by atoms with Gasteiger partial charge in [-0.2, -0.15) is 0 Å². The minimum absolute atomic E-state index is 0.0424. The molecular weight excluding hydrogens is 261 g/mol. The normalized spacial score (nSPS) is 11.9. The fraction of sp³-hybridized carbons (Fsp3) is 0.133. The van der Waals surface area contributed by atoms with E-state index in [2.05, 4.69) is 5.32 Å². The van der Waals surface area contributed by atoms with Crippen molar-refractivity contribution in [1.82, 2.24) is 0 Å². The number of phenols is 1. The molecule has 2 aromatic carbocycles. The average molecular weight is 275 g/mol. The second kappa shape index (κ2) is 5.61. The maximum atomic E-state index is 13.2. The number of benzene rings is 2. The van der Waals surface area contributed by atoms with E-state index in [9.17, 15) is 14.3 Å². The van der Waals surface area contributed by atoms with E-state index < -0.39 is 17.8 Å². The van der Waals surface area contributed by atoms with E-state index >= 15 is 0 Å². The molecule has 0 aliphatic heterocycles. The summed E-state index contributed by atoms with van der Waals surface area (Å²) >= 11 is 0. The van der Waals surface area contributed by atoms with Crippen molar-refractivity contribution in [1.29, 1.82) is 0 Å². The maximum Gasteiger partial charge on any atom is 0.337 e. The number of carboxylic acids is 1. The van der Waals surface area contributed by atoms with Crippen LogP contribution in [0.25, 0.3) is 0 Å². The first kappa shape index (κ1) is 13.9. The molecule has 0 radical (unpaired) electrons. The number of rotatable bonds is 4. The third-order valence-electron chi connectivity index (χ3n) is 2.99. The summed E-state index contributed by atoms with van der Waals surface area (Å²) in [7, 11) is 0. The molecule has 4 nitrogen and oxygen atoms in total. The van der Waals surface area contributed by atoms with E-state index in [1.54, 1.807) is 25.1 Å². The molecule has 0 aliphatic rings. The predicted molar refractivity (Wildman–Crippen MR) is 73.5 cm³/mol. The van der Waals surface area contributed by atoms with Crippen LogP contribution in [0, 0.1) is 5.82 Å². The summed E-state index contributed by atoms with van der Waals surface area (Å²) in [5.74, 6) is -1.55. The Morgan fingerprint density at radius 3 is 2.65 bits per heavy atom. The number of aromatic hydroxyl groups is 1. The Kier molecular flexibility index (Phi) is 3.89. The molecule has 1 atom stereocenters. The first-order chi connectivity index (χ1) is 9.49. The highest BCUT2D eigenvalue weighted by molar-refractivity contribution is 5.94. The summed E-state index contributed by atoms with van der Waals surface area (Å²) in [6, 6.07) is 9.63. The van der Waals surface area contributed by atoms with Gasteiger partial charge in [-0.3, -0.25) is 0 Å². The van der Waals surface area contributed by atoms with Crippen molar-refractivity contribution < 1.29 is 19.4 Å². The zero-order chi connectivity index (χ0) is 14.7. The van der Waals surface area contributed by atoms with E-state index in [1.807, 2.05) is 0 Å². The van der Waals surface area contributed by atoms with Crippen LogP contribution in [0.2, 0.25) is 0 Å². The number of phenolic OH excluding ortho intramolecular Hbond substituents is 1. The average Bonchev–Trinajstić information content (AvgIpc) is 2.41. The lowest BCUT2D eigenvalue weighted by molar-refractivity contribution is 0.0698. The molecule has 0 saturated carbocycles. The van der Waals surface area contributed by atoms with Crippen LogP contribution >= 0.6 is 0 Å². The van der Waals surface area contributed by atoms with Gasteiger partial charge in [-0.25, -0.2) is 9.18 Å². The van der Waals surface area contributed by atoms with Crippen molar-refractivity contribution in [2.45, 2.75) is 13.0 Å². The number of hydrogen-bond acceptors (Lipinski definition) is 3. The van der Waals surface area contributed by atoms with Crippen molar-refractivity contribution in [2.75, 3.05) is 5.32 Å². The molecule has 2 rings (SSSR count). The fourth-order valence-corrected chi connectivity index (χ4v) is 1.98. The van der Waals surface area contributed by atoms with Crippen molar-refractivity contribution in [3.05, 3.63) is 59.4 Å². The van der Waals surface area contributed by atoms with Crippen LogP contribution in [0.3, 0.4) is 0 Å². The monoisotopic (exact) mass is 275 g/mol. The Bertz CT molecular complexity index is 643. The highest BCUT2D eigenvalue weighted by atomic mass is 19.1. The summed E-state index contributed by atoms with van der Waals surface area (Å²) in [5.41, 5.74) is 0.900. The van der Waals surface area contributed by atoms with Gasteiger partial charge < -0.3 is 15.5 Å². The smallest absolute Gasteiger partial charge is 0.337 e. The Hall–Kier alpha value is -2.56. The number of halogens is 1. The molecule has 0 bridgehead atoms. The quantitative estimate of drug-likeness (QED) is 0.799. The summed E-state index contributed by atoms with van der Waals surface area (Å²) in [6.45, 7) is 1.72. The highest BCUT2D eigenvalue weighted by Gasteiger charge is 2.15. The van der Waals surface area contributed by atoms with Crippen molar-refractivity contribution in [3.63, 3.8) is 0 Å². The van der Waals surface area contributed by atoms with Gasteiger partial charge in [-0.05, 0) is 37.3 Å². The molecular formula is C15H14FNO3. The van der Waals surface area contributed by atoms with Crippen LogP contribution in [-0.4, -0.2) is 16.2 Å². The van der Waals surface area contributed by atoms with Crippen LogP contribution in [0.4, 0.5) is 10.1 Å². The number of anilines is 1. The van der Waals surface area contributed by atoms with Gasteiger partial charge in [-0.15, -0.1) is 0 Å². The molecule has 104 valence electrons. The Balaban J connectivity index is 2.30. The molecule has 20 heavy (non-hydrogen) atoms. The van der Waals surface area contributed by atoms with E-state index in [0.717, 1.165) is 6.07 Å². The SMILES string of the molecule is CC(Nc1ccccc1C(=O)O)c1cc(F)ccc1O. The van der Waals surface area contributed by atoms with E-state index in [1.165, 1.54) is 18.2 Å². The van der Waals surface area contributed by atoms with E-state index in [-0.39, 0.29) is 11.3 Å². The molecule has 0 fully saturated rings. The molecule has 0 saturated heterocycles. The number of aromatic carboxylic acids is 1. The second-order valence-electron chi connectivity index (χ2n) is 4.42. The maximum absolute atomic E-state index is 13.2. The number of nitrogens with one attached hydrogen (secondary N) is 1. The molecule has 0 heterocycles. The minimum atomic E-state index is -1.05. The van der Waals surface area contributed by atoms with E-state index in [0.29, 0.717) is 11.3 Å². The first-order valence-corrected chi connectivity index (χ1v) is 6.06. The largest absolute Gasteiger partial charge is 0.508 e. The van der Waals surface area contributed by atoms with Gasteiger partial charge in [0.05, 0.1) is 11.6 Å². The van der Waals surface area contributed by atoms with Gasteiger partial charge in [0.2, 0.25) is 0 Å². The van der Waals surface area contributed by atoms with Gasteiger partial charge in [0.1, 0.15) is 11.6 Å². The second-order valence-corrected chi connectivity index (χ2v) is 4.42. The van der Waals surface area contributed by atoms with Crippen LogP contribution in [0.1, 0.15) is 28.9 Å². The summed E-state index contributed by atoms with van der Waals surface area (Å²) in [4.78, 5) is 11.1. The number of carboxylic acid groups (broad SMARTS) is 1. The third kappa shape index (κ3) is 2.88.